The van der Waals surface area contributed by atoms with Crippen LogP contribution in [0.1, 0.15) is 33.6 Å². The molecule has 2 N–H and O–H groups in total. The standard InChI is InChI=1S/C13H24N2O4/c1-10(2)13(18)15-7-9-19-8-6-14-12(17)5-4-11(3)16/h10H,4-9H2,1-3H3,(H,14,17)(H,15,18). The Kier molecular flexibility index (Phi) is 9.70. The first kappa shape index (κ1) is 17.6. The van der Waals surface area contributed by atoms with Crippen molar-refractivity contribution in [2.24, 2.45) is 5.92 Å². The second-order valence-corrected chi connectivity index (χ2v) is 4.61. The van der Waals surface area contributed by atoms with Crippen molar-refractivity contribution < 1.29 is 19.1 Å². The normalized spacial score (nSPS) is 10.3. The van der Waals surface area contributed by atoms with E-state index in [0.29, 0.717) is 26.3 Å². The van der Waals surface area contributed by atoms with Crippen molar-refractivity contribution in [3.63, 3.8) is 0 Å². The van der Waals surface area contributed by atoms with Gasteiger partial charge < -0.3 is 20.2 Å². The molecule has 0 aliphatic carbocycles. The molecule has 6 nitrogen and oxygen atoms in total. The fourth-order valence-corrected chi connectivity index (χ4v) is 1.19. The predicted octanol–water partition coefficient (Wildman–Crippen LogP) is 0.261. The minimum absolute atomic E-state index is 0.00105. The third kappa shape index (κ3) is 11.4. The Bertz CT molecular complexity index is 303. The van der Waals surface area contributed by atoms with Crippen molar-refractivity contribution >= 4 is 17.6 Å². The summed E-state index contributed by atoms with van der Waals surface area (Å²) in [5.41, 5.74) is 0. The lowest BCUT2D eigenvalue weighted by atomic mass is 10.2. The van der Waals surface area contributed by atoms with Crippen LogP contribution in [-0.4, -0.2) is 43.9 Å². The number of hydrogen-bond donors (Lipinski definition) is 2. The summed E-state index contributed by atoms with van der Waals surface area (Å²) in [7, 11) is 0. The SMILES string of the molecule is CC(=O)CCC(=O)NCCOCCNC(=O)C(C)C. The van der Waals surface area contributed by atoms with E-state index < -0.39 is 0 Å². The van der Waals surface area contributed by atoms with Gasteiger partial charge in [-0.25, -0.2) is 0 Å². The molecule has 0 rings (SSSR count). The molecule has 0 aromatic heterocycles. The van der Waals surface area contributed by atoms with Crippen molar-refractivity contribution in [3.8, 4) is 0 Å². The van der Waals surface area contributed by atoms with Gasteiger partial charge in [0.1, 0.15) is 5.78 Å². The molecule has 0 aliphatic rings. The monoisotopic (exact) mass is 272 g/mol. The molecule has 19 heavy (non-hydrogen) atoms. The summed E-state index contributed by atoms with van der Waals surface area (Å²) in [6.07, 6.45) is 0.494. The molecule has 0 heterocycles. The number of ether oxygens (including phenoxy) is 1. The van der Waals surface area contributed by atoms with Crippen molar-refractivity contribution in [2.45, 2.75) is 33.6 Å². The van der Waals surface area contributed by atoms with E-state index in [2.05, 4.69) is 10.6 Å². The Balaban J connectivity index is 3.34. The highest BCUT2D eigenvalue weighted by Gasteiger charge is 2.05. The summed E-state index contributed by atoms with van der Waals surface area (Å²) >= 11 is 0. The van der Waals surface area contributed by atoms with Crippen LogP contribution in [0.3, 0.4) is 0 Å². The van der Waals surface area contributed by atoms with Crippen molar-refractivity contribution in [3.05, 3.63) is 0 Å². The molecule has 0 spiro atoms. The summed E-state index contributed by atoms with van der Waals surface area (Å²) in [6, 6.07) is 0. The zero-order valence-electron chi connectivity index (χ0n) is 12.0. The largest absolute Gasteiger partial charge is 0.378 e. The van der Waals surface area contributed by atoms with Crippen LogP contribution < -0.4 is 10.6 Å². The first-order valence-corrected chi connectivity index (χ1v) is 6.55. The fourth-order valence-electron chi connectivity index (χ4n) is 1.19. The number of amides is 2. The van der Waals surface area contributed by atoms with Crippen molar-refractivity contribution in [1.82, 2.24) is 10.6 Å². The zero-order chi connectivity index (χ0) is 14.7. The maximum absolute atomic E-state index is 11.2. The molecule has 0 unspecified atom stereocenters. The van der Waals surface area contributed by atoms with E-state index in [0.717, 1.165) is 0 Å². The summed E-state index contributed by atoms with van der Waals surface area (Å²) in [5, 5.41) is 5.38. The average Bonchev–Trinajstić information content (AvgIpc) is 2.34. The third-order valence-electron chi connectivity index (χ3n) is 2.34. The molecule has 6 heteroatoms. The topological polar surface area (TPSA) is 84.5 Å². The maximum atomic E-state index is 11.2. The summed E-state index contributed by atoms with van der Waals surface area (Å²) in [6.45, 7) is 6.80. The number of rotatable bonds is 10. The highest BCUT2D eigenvalue weighted by Crippen LogP contribution is 1.90. The van der Waals surface area contributed by atoms with Crippen molar-refractivity contribution in [2.75, 3.05) is 26.3 Å². The fraction of sp³-hybridized carbons (Fsp3) is 0.769. The van der Waals surface area contributed by atoms with Gasteiger partial charge >= 0.3 is 0 Å². The Morgan fingerprint density at radius 3 is 2.11 bits per heavy atom. The number of carbonyl (C=O) groups is 3. The van der Waals surface area contributed by atoms with E-state index in [-0.39, 0.29) is 36.4 Å². The molecule has 0 radical (unpaired) electrons. The predicted molar refractivity (Wildman–Crippen MR) is 71.6 cm³/mol. The van der Waals surface area contributed by atoms with Gasteiger partial charge in [0.25, 0.3) is 0 Å². The second kappa shape index (κ2) is 10.5. The highest BCUT2D eigenvalue weighted by atomic mass is 16.5. The Morgan fingerprint density at radius 2 is 1.58 bits per heavy atom. The number of hydrogen-bond acceptors (Lipinski definition) is 4. The molecule has 0 fully saturated rings. The second-order valence-electron chi connectivity index (χ2n) is 4.61. The first-order chi connectivity index (χ1) is 8.93. The van der Waals surface area contributed by atoms with Crippen LogP contribution in [0.25, 0.3) is 0 Å². The molecule has 110 valence electrons. The van der Waals surface area contributed by atoms with Gasteiger partial charge in [-0.1, -0.05) is 13.8 Å². The third-order valence-corrected chi connectivity index (χ3v) is 2.34. The minimum Gasteiger partial charge on any atom is -0.378 e. The molecule has 0 saturated carbocycles. The van der Waals surface area contributed by atoms with E-state index in [9.17, 15) is 14.4 Å². The quantitative estimate of drug-likeness (QED) is 0.559. The van der Waals surface area contributed by atoms with Gasteiger partial charge in [0, 0.05) is 31.8 Å². The van der Waals surface area contributed by atoms with Gasteiger partial charge in [-0.05, 0) is 6.92 Å². The van der Waals surface area contributed by atoms with Gasteiger partial charge in [-0.3, -0.25) is 9.59 Å². The molecule has 0 atom stereocenters. The van der Waals surface area contributed by atoms with Gasteiger partial charge in [-0.15, -0.1) is 0 Å². The van der Waals surface area contributed by atoms with Crippen LogP contribution >= 0.6 is 0 Å². The van der Waals surface area contributed by atoms with E-state index in [1.165, 1.54) is 6.92 Å². The van der Waals surface area contributed by atoms with Crippen LogP contribution in [0.15, 0.2) is 0 Å². The Labute approximate surface area is 114 Å². The number of ketones is 1. The molecule has 0 bridgehead atoms. The molecular formula is C13H24N2O4. The van der Waals surface area contributed by atoms with Crippen LogP contribution in [-0.2, 0) is 19.1 Å². The molecule has 0 aromatic carbocycles. The van der Waals surface area contributed by atoms with E-state index in [4.69, 9.17) is 4.74 Å². The number of Topliss-reactive ketones (excluding diaryl/α,β-unsaturated/α-hetero) is 1. The summed E-state index contributed by atoms with van der Waals surface area (Å²) < 4.78 is 5.24. The summed E-state index contributed by atoms with van der Waals surface area (Å²) in [5.74, 6) is -0.166. The van der Waals surface area contributed by atoms with E-state index in [1.807, 2.05) is 13.8 Å². The van der Waals surface area contributed by atoms with E-state index >= 15 is 0 Å². The smallest absolute Gasteiger partial charge is 0.222 e. The van der Waals surface area contributed by atoms with Gasteiger partial charge in [0.2, 0.25) is 11.8 Å². The highest BCUT2D eigenvalue weighted by molar-refractivity contribution is 5.83. The van der Waals surface area contributed by atoms with Gasteiger partial charge in [0.05, 0.1) is 13.2 Å². The molecule has 0 saturated heterocycles. The van der Waals surface area contributed by atoms with Crippen molar-refractivity contribution in [1.29, 1.82) is 0 Å². The molecular weight excluding hydrogens is 248 g/mol. The van der Waals surface area contributed by atoms with Crippen LogP contribution in [0.5, 0.6) is 0 Å². The van der Waals surface area contributed by atoms with Crippen LogP contribution in [0.4, 0.5) is 0 Å². The first-order valence-electron chi connectivity index (χ1n) is 6.55. The lowest BCUT2D eigenvalue weighted by Crippen LogP contribution is -2.32. The number of carbonyl (C=O) groups excluding carboxylic acids is 3. The Morgan fingerprint density at radius 1 is 1.00 bits per heavy atom. The molecule has 2 amide bonds. The maximum Gasteiger partial charge on any atom is 0.222 e. The van der Waals surface area contributed by atoms with Gasteiger partial charge in [-0.2, -0.15) is 0 Å². The number of nitrogens with one attached hydrogen (secondary N) is 2. The molecule has 0 aromatic rings. The Hall–Kier alpha value is -1.43. The summed E-state index contributed by atoms with van der Waals surface area (Å²) in [4.78, 5) is 33.1. The lowest BCUT2D eigenvalue weighted by Gasteiger charge is -2.08. The average molecular weight is 272 g/mol. The molecule has 0 aliphatic heterocycles. The minimum atomic E-state index is -0.146. The van der Waals surface area contributed by atoms with Crippen LogP contribution in [0.2, 0.25) is 0 Å². The van der Waals surface area contributed by atoms with Crippen LogP contribution in [0, 0.1) is 5.92 Å². The lowest BCUT2D eigenvalue weighted by molar-refractivity contribution is -0.124. The van der Waals surface area contributed by atoms with E-state index in [1.54, 1.807) is 0 Å². The zero-order valence-corrected chi connectivity index (χ0v) is 12.0. The van der Waals surface area contributed by atoms with Gasteiger partial charge in [0.15, 0.2) is 0 Å².